The summed E-state index contributed by atoms with van der Waals surface area (Å²) in [6.45, 7) is 0. The van der Waals surface area contributed by atoms with Crippen LogP contribution in [0.15, 0.2) is 55.0 Å². The number of anilines is 2. The van der Waals surface area contributed by atoms with Crippen molar-refractivity contribution in [2.45, 2.75) is 0 Å². The van der Waals surface area contributed by atoms with E-state index in [4.69, 9.17) is 0 Å². The highest BCUT2D eigenvalue weighted by Gasteiger charge is 2.18. The van der Waals surface area contributed by atoms with E-state index in [1.54, 1.807) is 12.4 Å². The maximum atomic E-state index is 11.5. The van der Waals surface area contributed by atoms with Crippen LogP contribution in [0.5, 0.6) is 0 Å². The molecule has 0 aliphatic rings. The molecule has 3 aromatic rings. The van der Waals surface area contributed by atoms with Gasteiger partial charge in [0.25, 0.3) is 0 Å². The number of carbonyl (C=O) groups is 1. The van der Waals surface area contributed by atoms with Crippen LogP contribution in [0.4, 0.5) is 11.4 Å². The van der Waals surface area contributed by atoms with Gasteiger partial charge in [0.1, 0.15) is 5.56 Å². The van der Waals surface area contributed by atoms with Crippen LogP contribution in [0.1, 0.15) is 10.4 Å². The van der Waals surface area contributed by atoms with E-state index in [-0.39, 0.29) is 5.56 Å². The second-order valence-electron chi connectivity index (χ2n) is 4.61. The normalized spacial score (nSPS) is 10.5. The van der Waals surface area contributed by atoms with Gasteiger partial charge >= 0.3 is 5.97 Å². The number of hydrogen-bond acceptors (Lipinski definition) is 4. The molecule has 0 spiro atoms. The summed E-state index contributed by atoms with van der Waals surface area (Å²) in [7, 11) is 1.82. The molecule has 2 heterocycles. The monoisotopic (exact) mass is 279 g/mol. The van der Waals surface area contributed by atoms with Gasteiger partial charge in [-0.25, -0.2) is 4.79 Å². The van der Waals surface area contributed by atoms with Crippen LogP contribution in [-0.4, -0.2) is 28.1 Å². The molecule has 3 rings (SSSR count). The number of carboxylic acids is 1. The minimum Gasteiger partial charge on any atom is -0.478 e. The van der Waals surface area contributed by atoms with Crippen molar-refractivity contribution in [1.82, 2.24) is 9.97 Å². The van der Waals surface area contributed by atoms with Crippen molar-refractivity contribution < 1.29 is 9.90 Å². The van der Waals surface area contributed by atoms with Crippen LogP contribution in [0.2, 0.25) is 0 Å². The van der Waals surface area contributed by atoms with Crippen LogP contribution in [0, 0.1) is 0 Å². The summed E-state index contributed by atoms with van der Waals surface area (Å²) in [5, 5.41) is 10.2. The highest BCUT2D eigenvalue weighted by Crippen LogP contribution is 2.33. The number of para-hydroxylation sites is 1. The first-order valence-corrected chi connectivity index (χ1v) is 6.43. The Hall–Kier alpha value is -2.95. The van der Waals surface area contributed by atoms with E-state index in [2.05, 4.69) is 9.97 Å². The molecule has 104 valence electrons. The Balaban J connectivity index is 2.28. The fourth-order valence-corrected chi connectivity index (χ4v) is 2.33. The third-order valence-electron chi connectivity index (χ3n) is 3.35. The summed E-state index contributed by atoms with van der Waals surface area (Å²) >= 11 is 0. The lowest BCUT2D eigenvalue weighted by Crippen LogP contribution is -2.15. The summed E-state index contributed by atoms with van der Waals surface area (Å²) in [5.74, 6) is -1.00. The van der Waals surface area contributed by atoms with Crippen molar-refractivity contribution in [3.8, 4) is 0 Å². The lowest BCUT2D eigenvalue weighted by molar-refractivity contribution is 0.0697. The molecular weight excluding hydrogens is 266 g/mol. The van der Waals surface area contributed by atoms with E-state index in [0.717, 1.165) is 16.6 Å². The van der Waals surface area contributed by atoms with Crippen LogP contribution in [0.25, 0.3) is 10.9 Å². The molecule has 0 saturated carbocycles. The number of nitrogens with zero attached hydrogens (tertiary/aromatic N) is 3. The van der Waals surface area contributed by atoms with Crippen molar-refractivity contribution in [3.05, 3.63) is 60.6 Å². The molecule has 0 unspecified atom stereocenters. The molecule has 0 bridgehead atoms. The molecule has 0 aliphatic carbocycles. The Morgan fingerprint density at radius 2 is 1.95 bits per heavy atom. The van der Waals surface area contributed by atoms with Gasteiger partial charge in [0.15, 0.2) is 0 Å². The van der Waals surface area contributed by atoms with E-state index < -0.39 is 5.97 Å². The van der Waals surface area contributed by atoms with Gasteiger partial charge < -0.3 is 10.0 Å². The van der Waals surface area contributed by atoms with Crippen molar-refractivity contribution in [3.63, 3.8) is 0 Å². The first-order chi connectivity index (χ1) is 10.2. The quantitative estimate of drug-likeness (QED) is 0.798. The minimum absolute atomic E-state index is 0.167. The van der Waals surface area contributed by atoms with Crippen LogP contribution in [-0.2, 0) is 0 Å². The van der Waals surface area contributed by atoms with Gasteiger partial charge in [-0.15, -0.1) is 0 Å². The van der Waals surface area contributed by atoms with E-state index >= 15 is 0 Å². The second-order valence-corrected chi connectivity index (χ2v) is 4.61. The van der Waals surface area contributed by atoms with Crippen LogP contribution in [0.3, 0.4) is 0 Å². The smallest absolute Gasteiger partial charge is 0.339 e. The predicted molar refractivity (Wildman–Crippen MR) is 81.0 cm³/mol. The molecule has 5 heteroatoms. The average Bonchev–Trinajstić information content (AvgIpc) is 2.53. The standard InChI is InChI=1S/C16H13N3O2/c1-19(11-5-4-8-17-9-11)15-12-6-2-3-7-14(12)18-10-13(15)16(20)21/h2-10H,1H3,(H,20,21). The van der Waals surface area contributed by atoms with Gasteiger partial charge in [-0.1, -0.05) is 18.2 Å². The SMILES string of the molecule is CN(c1cccnc1)c1c(C(=O)O)cnc2ccccc12. The maximum Gasteiger partial charge on any atom is 0.339 e. The molecule has 21 heavy (non-hydrogen) atoms. The van der Waals surface area contributed by atoms with Gasteiger partial charge in [0.2, 0.25) is 0 Å². The van der Waals surface area contributed by atoms with Crippen molar-refractivity contribution in [1.29, 1.82) is 0 Å². The molecule has 0 atom stereocenters. The molecule has 1 N–H and O–H groups in total. The molecule has 2 aromatic heterocycles. The van der Waals surface area contributed by atoms with E-state index in [1.807, 2.05) is 48.3 Å². The zero-order valence-electron chi connectivity index (χ0n) is 11.4. The van der Waals surface area contributed by atoms with Crippen LogP contribution < -0.4 is 4.90 Å². The van der Waals surface area contributed by atoms with Gasteiger partial charge in [0.05, 0.1) is 23.1 Å². The molecule has 0 saturated heterocycles. The van der Waals surface area contributed by atoms with Gasteiger partial charge in [-0.3, -0.25) is 9.97 Å². The summed E-state index contributed by atoms with van der Waals surface area (Å²) in [6, 6.07) is 11.2. The van der Waals surface area contributed by atoms with Gasteiger partial charge in [-0.2, -0.15) is 0 Å². The average molecular weight is 279 g/mol. The summed E-state index contributed by atoms with van der Waals surface area (Å²) in [4.78, 5) is 21.6. The first-order valence-electron chi connectivity index (χ1n) is 6.43. The van der Waals surface area contributed by atoms with E-state index in [0.29, 0.717) is 5.69 Å². The summed E-state index contributed by atoms with van der Waals surface area (Å²) in [6.07, 6.45) is 4.77. The highest BCUT2D eigenvalue weighted by molar-refractivity contribution is 6.05. The number of aromatic carboxylic acids is 1. The lowest BCUT2D eigenvalue weighted by atomic mass is 10.1. The third-order valence-corrected chi connectivity index (χ3v) is 3.35. The molecule has 0 fully saturated rings. The number of fused-ring (bicyclic) bond motifs is 1. The molecule has 1 aromatic carbocycles. The number of pyridine rings is 2. The topological polar surface area (TPSA) is 66.3 Å². The van der Waals surface area contributed by atoms with Crippen LogP contribution >= 0.6 is 0 Å². The van der Waals surface area contributed by atoms with E-state index in [9.17, 15) is 9.90 Å². The van der Waals surface area contributed by atoms with Crippen molar-refractivity contribution in [2.24, 2.45) is 0 Å². The van der Waals surface area contributed by atoms with Gasteiger partial charge in [-0.05, 0) is 18.2 Å². The Labute approximate surface area is 121 Å². The van der Waals surface area contributed by atoms with Crippen molar-refractivity contribution in [2.75, 3.05) is 11.9 Å². The highest BCUT2D eigenvalue weighted by atomic mass is 16.4. The Bertz CT molecular complexity index is 803. The number of aromatic nitrogens is 2. The van der Waals surface area contributed by atoms with Crippen molar-refractivity contribution >= 4 is 28.2 Å². The molecular formula is C16H13N3O2. The fourth-order valence-electron chi connectivity index (χ4n) is 2.33. The molecule has 0 aliphatic heterocycles. The molecule has 0 amide bonds. The van der Waals surface area contributed by atoms with E-state index in [1.165, 1.54) is 6.20 Å². The maximum absolute atomic E-state index is 11.5. The Morgan fingerprint density at radius 3 is 2.67 bits per heavy atom. The Kier molecular flexibility index (Phi) is 3.23. The molecule has 0 radical (unpaired) electrons. The fraction of sp³-hybridized carbons (Fsp3) is 0.0625. The summed E-state index contributed by atoms with van der Waals surface area (Å²) < 4.78 is 0. The number of carboxylic acid groups (broad SMARTS) is 1. The number of hydrogen-bond donors (Lipinski definition) is 1. The predicted octanol–water partition coefficient (Wildman–Crippen LogP) is 3.10. The second kappa shape index (κ2) is 5.20. The minimum atomic E-state index is -1.00. The van der Waals surface area contributed by atoms with Gasteiger partial charge in [0, 0.05) is 24.8 Å². The Morgan fingerprint density at radius 1 is 1.14 bits per heavy atom. The number of rotatable bonds is 3. The molecule has 5 nitrogen and oxygen atoms in total. The lowest BCUT2D eigenvalue weighted by Gasteiger charge is -2.22. The largest absolute Gasteiger partial charge is 0.478 e. The summed E-state index contributed by atoms with van der Waals surface area (Å²) in [5.41, 5.74) is 2.35. The number of benzene rings is 1. The zero-order chi connectivity index (χ0) is 14.8. The zero-order valence-corrected chi connectivity index (χ0v) is 11.4. The first kappa shape index (κ1) is 13.1. The third kappa shape index (κ3) is 2.29.